The summed E-state index contributed by atoms with van der Waals surface area (Å²) in [4.78, 5) is 2.68. The molecule has 0 aromatic carbocycles. The highest BCUT2D eigenvalue weighted by molar-refractivity contribution is 6.58. The Balaban J connectivity index is 2.01. The van der Waals surface area contributed by atoms with E-state index >= 15 is 0 Å². The van der Waals surface area contributed by atoms with Gasteiger partial charge in [0.05, 0.1) is 0 Å². The lowest BCUT2D eigenvalue weighted by atomic mass is 10.1. The Kier molecular flexibility index (Phi) is 6.95. The monoisotopic (exact) mass is 211 g/mol. The van der Waals surface area contributed by atoms with E-state index in [-0.39, 0.29) is 14.1 Å². The molecule has 0 amide bonds. The molecule has 1 fully saturated rings. The Labute approximate surface area is 94.3 Å². The molecule has 0 spiro atoms. The zero-order chi connectivity index (χ0) is 10.2. The molecule has 1 aliphatic rings. The summed E-state index contributed by atoms with van der Waals surface area (Å²) >= 11 is -0.291. The average molecular weight is 211 g/mol. The van der Waals surface area contributed by atoms with E-state index < -0.39 is 0 Å². The standard InChI is InChI=1S/C8H16N.2C2H5.Al/c1-2-6-9-7-4-3-5-8-9;2*1-2;/h1-8H2;2*1H2,2H3;. The molecule has 1 heterocycles. The lowest BCUT2D eigenvalue weighted by Gasteiger charge is -2.26. The topological polar surface area (TPSA) is 3.24 Å². The summed E-state index contributed by atoms with van der Waals surface area (Å²) in [6.07, 6.45) is 5.85. The van der Waals surface area contributed by atoms with Crippen molar-refractivity contribution in [3.05, 3.63) is 0 Å². The fourth-order valence-corrected chi connectivity index (χ4v) is 4.64. The Hall–Kier alpha value is 0.492. The minimum atomic E-state index is -0.291. The van der Waals surface area contributed by atoms with Crippen LogP contribution in [0.25, 0.3) is 0 Å². The van der Waals surface area contributed by atoms with E-state index in [1.54, 1.807) is 5.28 Å². The number of rotatable bonds is 6. The van der Waals surface area contributed by atoms with Gasteiger partial charge in [-0.05, 0) is 32.5 Å². The van der Waals surface area contributed by atoms with Crippen molar-refractivity contribution in [1.82, 2.24) is 4.90 Å². The molecule has 0 N–H and O–H groups in total. The smallest absolute Gasteiger partial charge is 0.261 e. The lowest BCUT2D eigenvalue weighted by Crippen LogP contribution is -2.31. The van der Waals surface area contributed by atoms with E-state index in [0.717, 1.165) is 0 Å². The highest BCUT2D eigenvalue weighted by Gasteiger charge is 2.13. The maximum absolute atomic E-state index is 2.68. The van der Waals surface area contributed by atoms with Crippen LogP contribution in [0.15, 0.2) is 0 Å². The predicted octanol–water partition coefficient (Wildman–Crippen LogP) is 3.40. The Bertz CT molecular complexity index is 128. The van der Waals surface area contributed by atoms with Gasteiger partial charge >= 0.3 is 0 Å². The largest absolute Gasteiger partial charge is 0.303 e. The van der Waals surface area contributed by atoms with Gasteiger partial charge < -0.3 is 4.90 Å². The van der Waals surface area contributed by atoms with Crippen molar-refractivity contribution in [2.75, 3.05) is 19.6 Å². The minimum absolute atomic E-state index is 0.291. The van der Waals surface area contributed by atoms with Crippen molar-refractivity contribution >= 4 is 14.1 Å². The lowest BCUT2D eigenvalue weighted by molar-refractivity contribution is 0.229. The average Bonchev–Trinajstić information content (AvgIpc) is 2.26. The quantitative estimate of drug-likeness (QED) is 0.609. The first kappa shape index (κ1) is 12.6. The van der Waals surface area contributed by atoms with Crippen LogP contribution in [0.3, 0.4) is 0 Å². The van der Waals surface area contributed by atoms with E-state index in [2.05, 4.69) is 18.7 Å². The number of nitrogens with zero attached hydrogens (tertiary/aromatic N) is 1. The Morgan fingerprint density at radius 1 is 1.00 bits per heavy atom. The summed E-state index contributed by atoms with van der Waals surface area (Å²) in [5.41, 5.74) is 0. The molecule has 0 atom stereocenters. The third-order valence-electron chi connectivity index (χ3n) is 3.69. The minimum Gasteiger partial charge on any atom is -0.303 e. The molecule has 0 aromatic heterocycles. The zero-order valence-electron chi connectivity index (χ0n) is 10.1. The van der Waals surface area contributed by atoms with Crippen LogP contribution in [0.2, 0.25) is 15.8 Å². The molecule has 1 aliphatic heterocycles. The molecule has 0 aliphatic carbocycles. The van der Waals surface area contributed by atoms with Gasteiger partial charge in [0.15, 0.2) is 0 Å². The van der Waals surface area contributed by atoms with Gasteiger partial charge in [-0.1, -0.05) is 42.5 Å². The molecule has 0 aromatic rings. The van der Waals surface area contributed by atoms with Crippen LogP contribution < -0.4 is 0 Å². The fraction of sp³-hybridized carbons (Fsp3) is 1.00. The molecule has 1 rings (SSSR count). The summed E-state index contributed by atoms with van der Waals surface area (Å²) in [7, 11) is 0. The van der Waals surface area contributed by atoms with Crippen molar-refractivity contribution < 1.29 is 0 Å². The fourth-order valence-electron chi connectivity index (χ4n) is 2.48. The van der Waals surface area contributed by atoms with Gasteiger partial charge in [-0.2, -0.15) is 0 Å². The molecule has 82 valence electrons. The molecule has 14 heavy (non-hydrogen) atoms. The van der Waals surface area contributed by atoms with E-state index in [0.29, 0.717) is 0 Å². The highest BCUT2D eigenvalue weighted by Crippen LogP contribution is 2.12. The summed E-state index contributed by atoms with van der Waals surface area (Å²) in [5, 5.41) is 4.61. The Morgan fingerprint density at radius 3 is 2.21 bits per heavy atom. The molecule has 2 heteroatoms. The van der Waals surface area contributed by atoms with Crippen LogP contribution in [0.1, 0.15) is 39.5 Å². The molecular formula is C12H26AlN. The van der Waals surface area contributed by atoms with Crippen molar-refractivity contribution in [2.24, 2.45) is 0 Å². The predicted molar refractivity (Wildman–Crippen MR) is 66.4 cm³/mol. The first-order valence-corrected chi connectivity index (χ1v) is 9.04. The molecular weight excluding hydrogens is 185 g/mol. The van der Waals surface area contributed by atoms with Crippen molar-refractivity contribution in [1.29, 1.82) is 0 Å². The van der Waals surface area contributed by atoms with Crippen LogP contribution in [-0.2, 0) is 0 Å². The van der Waals surface area contributed by atoms with Gasteiger partial charge in [0, 0.05) is 0 Å². The molecule has 1 nitrogen and oxygen atoms in total. The summed E-state index contributed by atoms with van der Waals surface area (Å²) in [5.74, 6) is 0. The van der Waals surface area contributed by atoms with E-state index in [4.69, 9.17) is 0 Å². The summed E-state index contributed by atoms with van der Waals surface area (Å²) < 4.78 is 0. The van der Waals surface area contributed by atoms with Gasteiger partial charge in [0.1, 0.15) is 0 Å². The number of hydrogen-bond donors (Lipinski definition) is 0. The van der Waals surface area contributed by atoms with Crippen molar-refractivity contribution in [3.8, 4) is 0 Å². The van der Waals surface area contributed by atoms with Gasteiger partial charge in [-0.25, -0.2) is 0 Å². The first-order valence-electron chi connectivity index (χ1n) is 6.59. The van der Waals surface area contributed by atoms with Crippen molar-refractivity contribution in [3.63, 3.8) is 0 Å². The van der Waals surface area contributed by atoms with Crippen LogP contribution in [0.4, 0.5) is 0 Å². The maximum atomic E-state index is 2.68. The molecule has 0 bridgehead atoms. The Morgan fingerprint density at radius 2 is 1.64 bits per heavy atom. The highest BCUT2D eigenvalue weighted by atomic mass is 27.2. The molecule has 0 unspecified atom stereocenters. The second-order valence-electron chi connectivity index (χ2n) is 4.73. The SMILES string of the molecule is C[CH2][Al]([CH2]C)[CH2]CCN1CCCCC1. The summed E-state index contributed by atoms with van der Waals surface area (Å²) in [6.45, 7) is 8.93. The molecule has 1 saturated heterocycles. The third-order valence-corrected chi connectivity index (χ3v) is 7.22. The van der Waals surface area contributed by atoms with Crippen LogP contribution >= 0.6 is 0 Å². The number of likely N-dealkylation sites (tertiary alicyclic amines) is 1. The van der Waals surface area contributed by atoms with Crippen LogP contribution in [-0.4, -0.2) is 38.7 Å². The molecule has 0 radical (unpaired) electrons. The van der Waals surface area contributed by atoms with Gasteiger partial charge in [-0.3, -0.25) is 0 Å². The van der Waals surface area contributed by atoms with Gasteiger partial charge in [-0.15, -0.1) is 0 Å². The normalized spacial score (nSPS) is 18.4. The summed E-state index contributed by atoms with van der Waals surface area (Å²) in [6, 6.07) is 0. The zero-order valence-corrected chi connectivity index (χ0v) is 11.3. The number of piperidine rings is 1. The second-order valence-corrected chi connectivity index (χ2v) is 8.67. The van der Waals surface area contributed by atoms with Crippen LogP contribution in [0.5, 0.6) is 0 Å². The third kappa shape index (κ3) is 4.82. The number of hydrogen-bond acceptors (Lipinski definition) is 1. The van der Waals surface area contributed by atoms with Gasteiger partial charge in [0.25, 0.3) is 14.1 Å². The first-order chi connectivity index (χ1) is 6.86. The van der Waals surface area contributed by atoms with E-state index in [1.165, 1.54) is 55.9 Å². The second kappa shape index (κ2) is 7.74. The maximum Gasteiger partial charge on any atom is 0.261 e. The van der Waals surface area contributed by atoms with E-state index in [9.17, 15) is 0 Å². The molecule has 0 saturated carbocycles. The van der Waals surface area contributed by atoms with Crippen LogP contribution in [0, 0.1) is 0 Å². The van der Waals surface area contributed by atoms with E-state index in [1.807, 2.05) is 0 Å². The van der Waals surface area contributed by atoms with Gasteiger partial charge in [0.2, 0.25) is 0 Å². The van der Waals surface area contributed by atoms with Crippen molar-refractivity contribution in [2.45, 2.75) is 55.4 Å².